The molecule has 0 heterocycles. The Hall–Kier alpha value is -2.25. The van der Waals surface area contributed by atoms with Crippen LogP contribution in [0.1, 0.15) is 6.42 Å². The molecule has 1 amide bonds. The van der Waals surface area contributed by atoms with Gasteiger partial charge in [0.15, 0.2) is 6.61 Å². The molecule has 1 aromatic carbocycles. The van der Waals surface area contributed by atoms with Crippen molar-refractivity contribution in [2.45, 2.75) is 12.6 Å². The van der Waals surface area contributed by atoms with E-state index in [0.717, 1.165) is 0 Å². The summed E-state index contributed by atoms with van der Waals surface area (Å²) in [7, 11) is 0. The van der Waals surface area contributed by atoms with E-state index in [9.17, 15) is 22.8 Å². The summed E-state index contributed by atoms with van der Waals surface area (Å²) in [5.41, 5.74) is 0.371. The van der Waals surface area contributed by atoms with E-state index in [1.807, 2.05) is 0 Å². The van der Waals surface area contributed by atoms with Crippen LogP contribution >= 0.6 is 0 Å². The third-order valence-corrected chi connectivity index (χ3v) is 2.97. The number of alkyl halides is 3. The van der Waals surface area contributed by atoms with Crippen molar-refractivity contribution in [3.05, 3.63) is 24.3 Å². The fraction of sp³-hybridized carbons (Fsp3) is 0.385. The average Bonchev–Trinajstić information content (AvgIpc) is 3.17. The lowest BCUT2D eigenvalue weighted by molar-refractivity contribution is -0.153. The van der Waals surface area contributed by atoms with Gasteiger partial charge in [0.25, 0.3) is 0 Å². The lowest BCUT2D eigenvalue weighted by Gasteiger charge is -2.10. The van der Waals surface area contributed by atoms with Gasteiger partial charge in [-0.25, -0.2) is 0 Å². The Labute approximate surface area is 117 Å². The Morgan fingerprint density at radius 3 is 2.33 bits per heavy atom. The van der Waals surface area contributed by atoms with Gasteiger partial charge < -0.3 is 15.2 Å². The Morgan fingerprint density at radius 1 is 1.24 bits per heavy atom. The van der Waals surface area contributed by atoms with E-state index in [4.69, 9.17) is 5.11 Å². The maximum absolute atomic E-state index is 12.0. The van der Waals surface area contributed by atoms with Gasteiger partial charge in [0.1, 0.15) is 5.75 Å². The van der Waals surface area contributed by atoms with Crippen molar-refractivity contribution in [2.75, 3.05) is 11.9 Å². The lowest BCUT2D eigenvalue weighted by Crippen LogP contribution is -2.19. The van der Waals surface area contributed by atoms with E-state index in [0.29, 0.717) is 12.1 Å². The fourth-order valence-electron chi connectivity index (χ4n) is 1.79. The first-order valence-corrected chi connectivity index (χ1v) is 6.09. The molecule has 1 aromatic rings. The van der Waals surface area contributed by atoms with E-state index in [2.05, 4.69) is 10.1 Å². The largest absolute Gasteiger partial charge is 0.484 e. The molecular formula is C13H12F3NO4. The number of benzene rings is 1. The molecule has 1 fully saturated rings. The van der Waals surface area contributed by atoms with Crippen LogP contribution in [0, 0.1) is 11.8 Å². The summed E-state index contributed by atoms with van der Waals surface area (Å²) in [6, 6.07) is 5.37. The smallest absolute Gasteiger partial charge is 0.422 e. The molecule has 1 aliphatic carbocycles. The number of carbonyl (C=O) groups excluding carboxylic acids is 1. The van der Waals surface area contributed by atoms with E-state index < -0.39 is 36.5 Å². The molecule has 0 bridgehead atoms. The number of hydrogen-bond acceptors (Lipinski definition) is 3. The minimum Gasteiger partial charge on any atom is -0.484 e. The van der Waals surface area contributed by atoms with Crippen LogP contribution < -0.4 is 10.1 Å². The summed E-state index contributed by atoms with van der Waals surface area (Å²) in [6.07, 6.45) is -4.11. The van der Waals surface area contributed by atoms with Crippen LogP contribution in [0.25, 0.3) is 0 Å². The second-order valence-corrected chi connectivity index (χ2v) is 4.70. The van der Waals surface area contributed by atoms with Crippen LogP contribution in [0.3, 0.4) is 0 Å². The SMILES string of the molecule is O=C(O)C1CC1C(=O)Nc1ccc(OCC(F)(F)F)cc1. The van der Waals surface area contributed by atoms with Gasteiger partial charge in [-0.1, -0.05) is 0 Å². The third-order valence-electron chi connectivity index (χ3n) is 2.97. The van der Waals surface area contributed by atoms with Gasteiger partial charge >= 0.3 is 12.1 Å². The summed E-state index contributed by atoms with van der Waals surface area (Å²) in [5.74, 6) is -2.60. The Balaban J connectivity index is 1.85. The quantitative estimate of drug-likeness (QED) is 0.875. The average molecular weight is 303 g/mol. The van der Waals surface area contributed by atoms with E-state index in [1.165, 1.54) is 24.3 Å². The molecule has 0 aliphatic heterocycles. The normalized spacial score (nSPS) is 20.7. The second kappa shape index (κ2) is 5.63. The molecular weight excluding hydrogens is 291 g/mol. The molecule has 0 radical (unpaired) electrons. The zero-order valence-electron chi connectivity index (χ0n) is 10.7. The second-order valence-electron chi connectivity index (χ2n) is 4.70. The molecule has 2 rings (SSSR count). The number of carbonyl (C=O) groups is 2. The van der Waals surface area contributed by atoms with Gasteiger partial charge in [-0.3, -0.25) is 9.59 Å². The van der Waals surface area contributed by atoms with Gasteiger partial charge in [0.05, 0.1) is 11.8 Å². The molecule has 2 unspecified atom stereocenters. The zero-order chi connectivity index (χ0) is 15.6. The number of anilines is 1. The van der Waals surface area contributed by atoms with Gasteiger partial charge in [0, 0.05) is 5.69 Å². The highest BCUT2D eigenvalue weighted by Crippen LogP contribution is 2.39. The summed E-state index contributed by atoms with van der Waals surface area (Å²) < 4.78 is 40.4. The van der Waals surface area contributed by atoms with Crippen molar-refractivity contribution in [1.82, 2.24) is 0 Å². The number of carboxylic acid groups (broad SMARTS) is 1. The molecule has 5 nitrogen and oxygen atoms in total. The van der Waals surface area contributed by atoms with Crippen LogP contribution in [0.4, 0.5) is 18.9 Å². The van der Waals surface area contributed by atoms with Crippen molar-refractivity contribution in [3.63, 3.8) is 0 Å². The first-order valence-electron chi connectivity index (χ1n) is 6.09. The summed E-state index contributed by atoms with van der Waals surface area (Å²) in [5, 5.41) is 11.2. The number of carboxylic acids is 1. The Kier molecular flexibility index (Phi) is 4.06. The van der Waals surface area contributed by atoms with Crippen molar-refractivity contribution >= 4 is 17.6 Å². The number of rotatable bonds is 5. The Morgan fingerprint density at radius 2 is 1.86 bits per heavy atom. The lowest BCUT2D eigenvalue weighted by atomic mass is 10.2. The van der Waals surface area contributed by atoms with Crippen LogP contribution in [0.2, 0.25) is 0 Å². The van der Waals surface area contributed by atoms with Crippen LogP contribution in [0.5, 0.6) is 5.75 Å². The highest BCUT2D eigenvalue weighted by atomic mass is 19.4. The number of halogens is 3. The fourth-order valence-corrected chi connectivity index (χ4v) is 1.79. The molecule has 2 atom stereocenters. The minimum absolute atomic E-state index is 0.0279. The molecule has 0 aromatic heterocycles. The van der Waals surface area contributed by atoms with E-state index >= 15 is 0 Å². The summed E-state index contributed by atoms with van der Waals surface area (Å²) in [4.78, 5) is 22.3. The molecule has 114 valence electrons. The molecule has 21 heavy (non-hydrogen) atoms. The third kappa shape index (κ3) is 4.37. The molecule has 0 spiro atoms. The highest BCUT2D eigenvalue weighted by molar-refractivity contribution is 5.98. The maximum Gasteiger partial charge on any atom is 0.422 e. The molecule has 1 saturated carbocycles. The number of aliphatic carboxylic acids is 1. The van der Waals surface area contributed by atoms with Crippen molar-refractivity contribution in [3.8, 4) is 5.75 Å². The molecule has 1 aliphatic rings. The van der Waals surface area contributed by atoms with Gasteiger partial charge in [-0.2, -0.15) is 13.2 Å². The number of amides is 1. The number of hydrogen-bond donors (Lipinski definition) is 2. The minimum atomic E-state index is -4.41. The van der Waals surface area contributed by atoms with Crippen molar-refractivity contribution < 1.29 is 32.6 Å². The van der Waals surface area contributed by atoms with E-state index in [-0.39, 0.29) is 5.75 Å². The first-order chi connectivity index (χ1) is 9.76. The monoisotopic (exact) mass is 303 g/mol. The molecule has 8 heteroatoms. The van der Waals surface area contributed by atoms with Crippen molar-refractivity contribution in [1.29, 1.82) is 0 Å². The summed E-state index contributed by atoms with van der Waals surface area (Å²) >= 11 is 0. The number of ether oxygens (including phenoxy) is 1. The van der Waals surface area contributed by atoms with Gasteiger partial charge in [-0.05, 0) is 30.7 Å². The summed E-state index contributed by atoms with van der Waals surface area (Å²) in [6.45, 7) is -1.39. The zero-order valence-corrected chi connectivity index (χ0v) is 10.7. The highest BCUT2D eigenvalue weighted by Gasteiger charge is 2.48. The van der Waals surface area contributed by atoms with Crippen LogP contribution in [-0.4, -0.2) is 29.8 Å². The molecule has 0 saturated heterocycles. The maximum atomic E-state index is 12.0. The van der Waals surface area contributed by atoms with Crippen molar-refractivity contribution in [2.24, 2.45) is 11.8 Å². The topological polar surface area (TPSA) is 75.6 Å². The van der Waals surface area contributed by atoms with Crippen LogP contribution in [0.15, 0.2) is 24.3 Å². The first kappa shape index (κ1) is 15.1. The predicted molar refractivity (Wildman–Crippen MR) is 65.9 cm³/mol. The van der Waals surface area contributed by atoms with Gasteiger partial charge in [-0.15, -0.1) is 0 Å². The molecule has 2 N–H and O–H groups in total. The van der Waals surface area contributed by atoms with Gasteiger partial charge in [0.2, 0.25) is 5.91 Å². The Bertz CT molecular complexity index is 541. The number of nitrogens with one attached hydrogen (secondary N) is 1. The van der Waals surface area contributed by atoms with Crippen LogP contribution in [-0.2, 0) is 9.59 Å². The predicted octanol–water partition coefficient (Wildman–Crippen LogP) is 2.29. The van der Waals surface area contributed by atoms with E-state index in [1.54, 1.807) is 0 Å². The standard InChI is InChI=1S/C13H12F3NO4/c14-13(15,16)6-21-8-3-1-7(2-4-8)17-11(18)9-5-10(9)12(19)20/h1-4,9-10H,5-6H2,(H,17,18)(H,19,20).